The molecule has 22 heavy (non-hydrogen) atoms. The predicted octanol–water partition coefficient (Wildman–Crippen LogP) is 2.01. The van der Waals surface area contributed by atoms with Crippen molar-refractivity contribution in [1.82, 2.24) is 15.2 Å². The summed E-state index contributed by atoms with van der Waals surface area (Å²) in [5, 5.41) is 6.02. The maximum absolute atomic E-state index is 11.8. The van der Waals surface area contributed by atoms with Crippen molar-refractivity contribution >= 4 is 41.7 Å². The highest BCUT2D eigenvalue weighted by Gasteiger charge is 2.15. The molecule has 1 aliphatic rings. The summed E-state index contributed by atoms with van der Waals surface area (Å²) in [6.45, 7) is 4.62. The van der Waals surface area contributed by atoms with Crippen molar-refractivity contribution in [2.45, 2.75) is 26.2 Å². The maximum atomic E-state index is 11.8. The van der Waals surface area contributed by atoms with Crippen molar-refractivity contribution in [3.8, 4) is 0 Å². The van der Waals surface area contributed by atoms with Gasteiger partial charge in [0.1, 0.15) is 5.82 Å². The van der Waals surface area contributed by atoms with Gasteiger partial charge in [0.2, 0.25) is 5.91 Å². The van der Waals surface area contributed by atoms with Crippen molar-refractivity contribution < 1.29 is 4.79 Å². The molecule has 1 aliphatic heterocycles. The molecule has 1 aromatic rings. The molecule has 2 heterocycles. The zero-order chi connectivity index (χ0) is 15.1. The molecule has 1 saturated heterocycles. The first-order chi connectivity index (χ1) is 10.2. The van der Waals surface area contributed by atoms with Crippen molar-refractivity contribution in [2.24, 2.45) is 4.99 Å². The predicted molar refractivity (Wildman–Crippen MR) is 99.8 cm³/mol. The number of anilines is 1. The highest BCUT2D eigenvalue weighted by Crippen LogP contribution is 2.07. The third-order valence-electron chi connectivity index (χ3n) is 3.43. The Balaban J connectivity index is 0.00000242. The van der Waals surface area contributed by atoms with Crippen molar-refractivity contribution in [3.05, 3.63) is 23.9 Å². The highest BCUT2D eigenvalue weighted by atomic mass is 127. The van der Waals surface area contributed by atoms with E-state index in [1.165, 1.54) is 12.8 Å². The van der Waals surface area contributed by atoms with Gasteiger partial charge < -0.3 is 15.5 Å². The van der Waals surface area contributed by atoms with Gasteiger partial charge in [-0.05, 0) is 31.4 Å². The lowest BCUT2D eigenvalue weighted by atomic mass is 10.3. The normalized spacial score (nSPS) is 14.5. The summed E-state index contributed by atoms with van der Waals surface area (Å²) in [5.41, 5.74) is 1.07. The Kier molecular flexibility index (Phi) is 8.15. The molecular formula is C15H24IN5O. The number of nitrogens with one attached hydrogen (secondary N) is 2. The average molecular weight is 417 g/mol. The summed E-state index contributed by atoms with van der Waals surface area (Å²) in [7, 11) is 1.77. The highest BCUT2D eigenvalue weighted by molar-refractivity contribution is 14.0. The topological polar surface area (TPSA) is 69.6 Å². The summed E-state index contributed by atoms with van der Waals surface area (Å²) < 4.78 is 0. The number of aromatic nitrogens is 1. The Morgan fingerprint density at radius 3 is 2.68 bits per heavy atom. The average Bonchev–Trinajstić information content (AvgIpc) is 3.00. The van der Waals surface area contributed by atoms with E-state index in [1.54, 1.807) is 13.2 Å². The Hall–Kier alpha value is -1.38. The smallest absolute Gasteiger partial charge is 0.227 e. The minimum atomic E-state index is -0.0456. The molecule has 1 aromatic heterocycles. The summed E-state index contributed by atoms with van der Waals surface area (Å²) in [5.74, 6) is 1.43. The van der Waals surface area contributed by atoms with Gasteiger partial charge in [-0.25, -0.2) is 4.98 Å². The lowest BCUT2D eigenvalue weighted by Gasteiger charge is -2.20. The Bertz CT molecular complexity index is 497. The molecular weight excluding hydrogens is 393 g/mol. The molecule has 0 aromatic carbocycles. The molecule has 0 aliphatic carbocycles. The summed E-state index contributed by atoms with van der Waals surface area (Å²) >= 11 is 0. The van der Waals surface area contributed by atoms with Crippen LogP contribution in [0, 0.1) is 6.92 Å². The number of hydrogen-bond acceptors (Lipinski definition) is 3. The SMILES string of the molecule is CN=C(NCCC(=O)Nc1ccc(C)cn1)N1CCCC1.I. The molecule has 1 amide bonds. The third kappa shape index (κ3) is 5.78. The molecule has 1 fully saturated rings. The molecule has 0 atom stereocenters. The van der Waals surface area contributed by atoms with Gasteiger partial charge in [0.25, 0.3) is 0 Å². The van der Waals surface area contributed by atoms with Crippen molar-refractivity contribution in [1.29, 1.82) is 0 Å². The molecule has 0 spiro atoms. The van der Waals surface area contributed by atoms with Gasteiger partial charge in [-0.2, -0.15) is 0 Å². The molecule has 2 rings (SSSR count). The maximum Gasteiger partial charge on any atom is 0.227 e. The molecule has 6 nitrogen and oxygen atoms in total. The van der Waals surface area contributed by atoms with Gasteiger partial charge in [0, 0.05) is 39.3 Å². The number of aliphatic imine (C=N–C) groups is 1. The van der Waals surface area contributed by atoms with E-state index in [0.717, 1.165) is 24.6 Å². The first-order valence-electron chi connectivity index (χ1n) is 7.37. The van der Waals surface area contributed by atoms with Crippen LogP contribution in [0.15, 0.2) is 23.3 Å². The lowest BCUT2D eigenvalue weighted by molar-refractivity contribution is -0.116. The van der Waals surface area contributed by atoms with Crippen LogP contribution >= 0.6 is 24.0 Å². The summed E-state index contributed by atoms with van der Waals surface area (Å²) in [6, 6.07) is 3.74. The largest absolute Gasteiger partial charge is 0.356 e. The van der Waals surface area contributed by atoms with Crippen LogP contribution in [0.5, 0.6) is 0 Å². The van der Waals surface area contributed by atoms with E-state index in [-0.39, 0.29) is 29.9 Å². The number of guanidine groups is 1. The van der Waals surface area contributed by atoms with Gasteiger partial charge in [-0.3, -0.25) is 9.79 Å². The van der Waals surface area contributed by atoms with E-state index in [2.05, 4.69) is 25.5 Å². The van der Waals surface area contributed by atoms with E-state index < -0.39 is 0 Å². The number of likely N-dealkylation sites (tertiary alicyclic amines) is 1. The Morgan fingerprint density at radius 2 is 2.09 bits per heavy atom. The van der Waals surface area contributed by atoms with Crippen molar-refractivity contribution in [3.63, 3.8) is 0 Å². The second-order valence-electron chi connectivity index (χ2n) is 5.19. The monoisotopic (exact) mass is 417 g/mol. The first kappa shape index (κ1) is 18.7. The second-order valence-corrected chi connectivity index (χ2v) is 5.19. The Morgan fingerprint density at radius 1 is 1.36 bits per heavy atom. The number of rotatable bonds is 4. The lowest BCUT2D eigenvalue weighted by Crippen LogP contribution is -2.40. The molecule has 122 valence electrons. The minimum absolute atomic E-state index is 0. The fourth-order valence-corrected chi connectivity index (χ4v) is 2.30. The number of hydrogen-bond donors (Lipinski definition) is 2. The van der Waals surface area contributed by atoms with Crippen LogP contribution in [-0.2, 0) is 4.79 Å². The fraction of sp³-hybridized carbons (Fsp3) is 0.533. The standard InChI is InChI=1S/C15H23N5O.HI/c1-12-5-6-13(18-11-12)19-14(21)7-8-17-15(16-2)20-9-3-4-10-20;/h5-6,11H,3-4,7-10H2,1-2H3,(H,16,17)(H,18,19,21);1H. The zero-order valence-electron chi connectivity index (χ0n) is 13.1. The molecule has 0 saturated carbocycles. The summed E-state index contributed by atoms with van der Waals surface area (Å²) in [4.78, 5) is 22.5. The molecule has 0 bridgehead atoms. The molecule has 0 radical (unpaired) electrons. The van der Waals surface area contributed by atoms with Gasteiger partial charge >= 0.3 is 0 Å². The van der Waals surface area contributed by atoms with E-state index in [0.29, 0.717) is 18.8 Å². The van der Waals surface area contributed by atoms with Gasteiger partial charge in [-0.15, -0.1) is 24.0 Å². The zero-order valence-corrected chi connectivity index (χ0v) is 15.5. The fourth-order valence-electron chi connectivity index (χ4n) is 2.30. The van der Waals surface area contributed by atoms with Gasteiger partial charge in [-0.1, -0.05) is 6.07 Å². The van der Waals surface area contributed by atoms with E-state index in [1.807, 2.05) is 19.1 Å². The number of carbonyl (C=O) groups excluding carboxylic acids is 1. The summed E-state index contributed by atoms with van der Waals surface area (Å²) in [6.07, 6.45) is 4.55. The number of aryl methyl sites for hydroxylation is 1. The number of pyridine rings is 1. The van der Waals surface area contributed by atoms with Gasteiger partial charge in [0.05, 0.1) is 0 Å². The number of carbonyl (C=O) groups is 1. The van der Waals surface area contributed by atoms with E-state index in [9.17, 15) is 4.79 Å². The number of amides is 1. The van der Waals surface area contributed by atoms with Crippen LogP contribution in [0.2, 0.25) is 0 Å². The number of nitrogens with zero attached hydrogens (tertiary/aromatic N) is 3. The Labute approximate surface area is 148 Å². The van der Waals surface area contributed by atoms with Crippen LogP contribution in [0.25, 0.3) is 0 Å². The van der Waals surface area contributed by atoms with Crippen molar-refractivity contribution in [2.75, 3.05) is 32.0 Å². The van der Waals surface area contributed by atoms with Crippen LogP contribution in [0.4, 0.5) is 5.82 Å². The number of halogens is 1. The molecule has 2 N–H and O–H groups in total. The quantitative estimate of drug-likeness (QED) is 0.447. The van der Waals surface area contributed by atoms with E-state index >= 15 is 0 Å². The molecule has 0 unspecified atom stereocenters. The van der Waals surface area contributed by atoms with Crippen LogP contribution < -0.4 is 10.6 Å². The van der Waals surface area contributed by atoms with Gasteiger partial charge in [0.15, 0.2) is 5.96 Å². The third-order valence-corrected chi connectivity index (χ3v) is 3.43. The van der Waals surface area contributed by atoms with E-state index in [4.69, 9.17) is 0 Å². The van der Waals surface area contributed by atoms with Crippen LogP contribution in [0.1, 0.15) is 24.8 Å². The second kappa shape index (κ2) is 9.60. The molecule has 7 heteroatoms. The first-order valence-corrected chi connectivity index (χ1v) is 7.37. The van der Waals surface area contributed by atoms with Crippen LogP contribution in [0.3, 0.4) is 0 Å². The van der Waals surface area contributed by atoms with Crippen LogP contribution in [-0.4, -0.2) is 48.4 Å². The minimum Gasteiger partial charge on any atom is -0.356 e.